The number of benzene rings is 1. The summed E-state index contributed by atoms with van der Waals surface area (Å²) in [4.78, 5) is 0. The summed E-state index contributed by atoms with van der Waals surface area (Å²) >= 11 is 0. The Bertz CT molecular complexity index is 363. The molecule has 1 aliphatic carbocycles. The average molecular weight is 249 g/mol. The van der Waals surface area contributed by atoms with E-state index in [4.69, 9.17) is 15.2 Å². The van der Waals surface area contributed by atoms with Crippen molar-refractivity contribution < 1.29 is 9.47 Å². The van der Waals surface area contributed by atoms with Crippen molar-refractivity contribution in [3.63, 3.8) is 0 Å². The highest BCUT2D eigenvalue weighted by molar-refractivity contribution is 5.29. The van der Waals surface area contributed by atoms with Gasteiger partial charge in [-0.2, -0.15) is 0 Å². The van der Waals surface area contributed by atoms with Crippen LogP contribution in [0.5, 0.6) is 0 Å². The zero-order chi connectivity index (χ0) is 12.8. The van der Waals surface area contributed by atoms with Crippen molar-refractivity contribution in [1.82, 2.24) is 0 Å². The Hall–Kier alpha value is -0.900. The van der Waals surface area contributed by atoms with Gasteiger partial charge in [0.05, 0.1) is 25.9 Å². The van der Waals surface area contributed by atoms with Crippen LogP contribution in [-0.2, 0) is 9.47 Å². The topological polar surface area (TPSA) is 44.5 Å². The standard InChI is InChI=1S/C15H23NO2/c1-17-8-9-18-11-15(16)14-7-3-6-13(10-14)12-4-2-5-12/h3,6-7,10,12,15H,2,4-5,8-9,11,16H2,1H3. The summed E-state index contributed by atoms with van der Waals surface area (Å²) in [6.07, 6.45) is 4.01. The van der Waals surface area contributed by atoms with Gasteiger partial charge in [-0.1, -0.05) is 30.7 Å². The molecule has 3 heteroatoms. The number of nitrogens with two attached hydrogens (primary N) is 1. The molecule has 0 amide bonds. The first-order valence-corrected chi connectivity index (χ1v) is 6.73. The number of ether oxygens (including phenoxy) is 2. The molecule has 18 heavy (non-hydrogen) atoms. The average Bonchev–Trinajstić information content (AvgIpc) is 2.33. The normalized spacial score (nSPS) is 17.4. The van der Waals surface area contributed by atoms with Gasteiger partial charge in [0.15, 0.2) is 0 Å². The Kier molecular flexibility index (Phi) is 5.17. The molecule has 100 valence electrons. The Morgan fingerprint density at radius 1 is 1.33 bits per heavy atom. The molecule has 0 spiro atoms. The van der Waals surface area contributed by atoms with Gasteiger partial charge in [0, 0.05) is 7.11 Å². The van der Waals surface area contributed by atoms with Crippen LogP contribution >= 0.6 is 0 Å². The summed E-state index contributed by atoms with van der Waals surface area (Å²) in [5.74, 6) is 0.756. The van der Waals surface area contributed by atoms with Gasteiger partial charge in [0.1, 0.15) is 0 Å². The van der Waals surface area contributed by atoms with Crippen molar-refractivity contribution in [2.45, 2.75) is 31.2 Å². The van der Waals surface area contributed by atoms with Gasteiger partial charge in [0.2, 0.25) is 0 Å². The van der Waals surface area contributed by atoms with E-state index in [2.05, 4.69) is 24.3 Å². The fraction of sp³-hybridized carbons (Fsp3) is 0.600. The molecule has 0 heterocycles. The number of hydrogen-bond donors (Lipinski definition) is 1. The summed E-state index contributed by atoms with van der Waals surface area (Å²) in [6, 6.07) is 8.62. The fourth-order valence-electron chi connectivity index (χ4n) is 2.23. The highest BCUT2D eigenvalue weighted by Gasteiger charge is 2.20. The summed E-state index contributed by atoms with van der Waals surface area (Å²) in [7, 11) is 1.67. The first-order valence-electron chi connectivity index (χ1n) is 6.73. The molecule has 1 aromatic rings. The van der Waals surface area contributed by atoms with E-state index in [1.165, 1.54) is 30.4 Å². The SMILES string of the molecule is COCCOCC(N)c1cccc(C2CCC2)c1. The van der Waals surface area contributed by atoms with Crippen molar-refractivity contribution in [2.24, 2.45) is 5.73 Å². The first kappa shape index (κ1) is 13.5. The molecule has 0 bridgehead atoms. The van der Waals surface area contributed by atoms with Crippen LogP contribution in [0.15, 0.2) is 24.3 Å². The zero-order valence-electron chi connectivity index (χ0n) is 11.1. The summed E-state index contributed by atoms with van der Waals surface area (Å²) in [6.45, 7) is 1.78. The van der Waals surface area contributed by atoms with Gasteiger partial charge in [-0.3, -0.25) is 0 Å². The predicted octanol–water partition coefficient (Wildman–Crippen LogP) is 2.62. The van der Waals surface area contributed by atoms with Crippen LogP contribution in [-0.4, -0.2) is 26.9 Å². The summed E-state index contributed by atoms with van der Waals surface area (Å²) in [5.41, 5.74) is 8.75. The molecule has 3 nitrogen and oxygen atoms in total. The molecular weight excluding hydrogens is 226 g/mol. The van der Waals surface area contributed by atoms with E-state index in [1.807, 2.05) is 0 Å². The minimum atomic E-state index is -0.0399. The maximum Gasteiger partial charge on any atom is 0.0701 e. The minimum absolute atomic E-state index is 0.0399. The highest BCUT2D eigenvalue weighted by Crippen LogP contribution is 2.36. The second kappa shape index (κ2) is 6.88. The van der Waals surface area contributed by atoms with Gasteiger partial charge in [-0.15, -0.1) is 0 Å². The van der Waals surface area contributed by atoms with Crippen LogP contribution in [0, 0.1) is 0 Å². The van der Waals surface area contributed by atoms with E-state index in [1.54, 1.807) is 7.11 Å². The number of hydrogen-bond acceptors (Lipinski definition) is 3. The molecule has 1 fully saturated rings. The van der Waals surface area contributed by atoms with E-state index < -0.39 is 0 Å². The van der Waals surface area contributed by atoms with Crippen molar-refractivity contribution in [3.8, 4) is 0 Å². The van der Waals surface area contributed by atoms with E-state index in [0.717, 1.165) is 5.92 Å². The molecule has 1 unspecified atom stereocenters. The molecule has 0 aliphatic heterocycles. The Morgan fingerprint density at radius 2 is 2.17 bits per heavy atom. The lowest BCUT2D eigenvalue weighted by molar-refractivity contribution is 0.0636. The Balaban J connectivity index is 1.86. The predicted molar refractivity (Wildman–Crippen MR) is 72.7 cm³/mol. The first-order chi connectivity index (χ1) is 8.81. The second-order valence-electron chi connectivity index (χ2n) is 4.97. The van der Waals surface area contributed by atoms with E-state index in [0.29, 0.717) is 19.8 Å². The third-order valence-corrected chi connectivity index (χ3v) is 3.64. The Labute approximate surface area is 109 Å². The highest BCUT2D eigenvalue weighted by atomic mass is 16.5. The van der Waals surface area contributed by atoms with Crippen LogP contribution < -0.4 is 5.73 Å². The second-order valence-corrected chi connectivity index (χ2v) is 4.97. The molecule has 2 rings (SSSR count). The van der Waals surface area contributed by atoms with Crippen molar-refractivity contribution >= 4 is 0 Å². The number of rotatable bonds is 7. The molecule has 1 saturated carbocycles. The van der Waals surface area contributed by atoms with Gasteiger partial charge in [-0.05, 0) is 29.9 Å². The molecule has 0 aromatic heterocycles. The lowest BCUT2D eigenvalue weighted by Gasteiger charge is -2.26. The smallest absolute Gasteiger partial charge is 0.0701 e. The van der Waals surface area contributed by atoms with Crippen LogP contribution in [0.4, 0.5) is 0 Å². The molecule has 2 N–H and O–H groups in total. The maximum atomic E-state index is 6.14. The van der Waals surface area contributed by atoms with Crippen molar-refractivity contribution in [1.29, 1.82) is 0 Å². The van der Waals surface area contributed by atoms with Gasteiger partial charge >= 0.3 is 0 Å². The van der Waals surface area contributed by atoms with Gasteiger partial charge in [0.25, 0.3) is 0 Å². The van der Waals surface area contributed by atoms with Gasteiger partial charge < -0.3 is 15.2 Å². The third kappa shape index (κ3) is 3.55. The molecule has 1 atom stereocenters. The quantitative estimate of drug-likeness (QED) is 0.755. The van der Waals surface area contributed by atoms with Crippen LogP contribution in [0.3, 0.4) is 0 Å². The minimum Gasteiger partial charge on any atom is -0.382 e. The van der Waals surface area contributed by atoms with Crippen LogP contribution in [0.25, 0.3) is 0 Å². The maximum absolute atomic E-state index is 6.14. The summed E-state index contributed by atoms with van der Waals surface area (Å²) in [5, 5.41) is 0. The molecular formula is C15H23NO2. The Morgan fingerprint density at radius 3 is 2.83 bits per heavy atom. The number of methoxy groups -OCH3 is 1. The van der Waals surface area contributed by atoms with Crippen LogP contribution in [0.2, 0.25) is 0 Å². The molecule has 0 saturated heterocycles. The molecule has 1 aliphatic rings. The third-order valence-electron chi connectivity index (χ3n) is 3.64. The molecule has 1 aromatic carbocycles. The largest absolute Gasteiger partial charge is 0.382 e. The van der Waals surface area contributed by atoms with Gasteiger partial charge in [-0.25, -0.2) is 0 Å². The lowest BCUT2D eigenvalue weighted by atomic mass is 9.79. The van der Waals surface area contributed by atoms with E-state index >= 15 is 0 Å². The van der Waals surface area contributed by atoms with E-state index in [-0.39, 0.29) is 6.04 Å². The fourth-order valence-corrected chi connectivity index (χ4v) is 2.23. The molecule has 0 radical (unpaired) electrons. The summed E-state index contributed by atoms with van der Waals surface area (Å²) < 4.78 is 10.4. The van der Waals surface area contributed by atoms with Crippen molar-refractivity contribution in [2.75, 3.05) is 26.9 Å². The lowest BCUT2D eigenvalue weighted by Crippen LogP contribution is -2.19. The van der Waals surface area contributed by atoms with E-state index in [9.17, 15) is 0 Å². The monoisotopic (exact) mass is 249 g/mol. The zero-order valence-corrected chi connectivity index (χ0v) is 11.1. The van der Waals surface area contributed by atoms with Crippen LogP contribution in [0.1, 0.15) is 42.3 Å². The van der Waals surface area contributed by atoms with Crippen molar-refractivity contribution in [3.05, 3.63) is 35.4 Å².